The Labute approximate surface area is 175 Å². The van der Waals surface area contributed by atoms with Crippen molar-refractivity contribution in [2.24, 2.45) is 0 Å². The van der Waals surface area contributed by atoms with Gasteiger partial charge in [-0.05, 0) is 55.8 Å². The Balaban J connectivity index is 2.35. The van der Waals surface area contributed by atoms with Crippen LogP contribution in [-0.4, -0.2) is 33.2 Å². The van der Waals surface area contributed by atoms with E-state index < -0.39 is 22.0 Å². The van der Waals surface area contributed by atoms with E-state index in [1.165, 1.54) is 0 Å². The van der Waals surface area contributed by atoms with Gasteiger partial charge in [0.05, 0.1) is 18.6 Å². The molecule has 1 N–H and O–H groups in total. The molecule has 0 saturated carbocycles. The fourth-order valence-electron chi connectivity index (χ4n) is 2.77. The van der Waals surface area contributed by atoms with E-state index in [0.29, 0.717) is 33.8 Å². The average molecular weight is 445 g/mol. The lowest BCUT2D eigenvalue weighted by atomic mass is 10.1. The van der Waals surface area contributed by atoms with Gasteiger partial charge < -0.3 is 10.1 Å². The van der Waals surface area contributed by atoms with E-state index >= 15 is 0 Å². The quantitative estimate of drug-likeness (QED) is 0.646. The molecule has 9 heteroatoms. The molecular weight excluding hydrogens is 423 g/mol. The number of benzene rings is 2. The van der Waals surface area contributed by atoms with Crippen molar-refractivity contribution in [2.45, 2.75) is 26.3 Å². The maximum absolute atomic E-state index is 12.9. The predicted octanol–water partition coefficient (Wildman–Crippen LogP) is 4.58. The molecule has 1 amide bonds. The Morgan fingerprint density at radius 2 is 1.68 bits per heavy atom. The molecule has 1 unspecified atom stereocenters. The summed E-state index contributed by atoms with van der Waals surface area (Å²) < 4.78 is 31.5. The number of amides is 1. The molecule has 0 aliphatic carbocycles. The molecule has 28 heavy (non-hydrogen) atoms. The van der Waals surface area contributed by atoms with E-state index in [0.717, 1.165) is 10.6 Å². The molecule has 152 valence electrons. The van der Waals surface area contributed by atoms with Crippen LogP contribution in [0.3, 0.4) is 0 Å². The molecule has 0 fully saturated rings. The first-order chi connectivity index (χ1) is 13.2. The van der Waals surface area contributed by atoms with Gasteiger partial charge in [-0.25, -0.2) is 8.42 Å². The smallest absolute Gasteiger partial charge is 0.248 e. The summed E-state index contributed by atoms with van der Waals surface area (Å²) in [7, 11) is -3.73. The van der Waals surface area contributed by atoms with Crippen LogP contribution >= 0.6 is 23.2 Å². The molecule has 6 nitrogen and oxygen atoms in total. The molecule has 1 atom stereocenters. The first-order valence-electron chi connectivity index (χ1n) is 8.65. The summed E-state index contributed by atoms with van der Waals surface area (Å²) in [6, 6.07) is 10.2. The highest BCUT2D eigenvalue weighted by Gasteiger charge is 2.31. The molecule has 0 spiro atoms. The molecule has 2 rings (SSSR count). The van der Waals surface area contributed by atoms with Crippen LogP contribution in [0.5, 0.6) is 5.75 Å². The third-order valence-electron chi connectivity index (χ3n) is 3.86. The number of ether oxygens (including phenoxy) is 1. The van der Waals surface area contributed by atoms with Gasteiger partial charge in [0.1, 0.15) is 11.8 Å². The third-order valence-corrected chi connectivity index (χ3v) is 5.48. The Bertz CT molecular complexity index is 913. The fourth-order valence-corrected chi connectivity index (χ4v) is 4.51. The Kier molecular flexibility index (Phi) is 7.57. The molecule has 2 aromatic carbocycles. The Morgan fingerprint density at radius 1 is 1.11 bits per heavy atom. The number of halogens is 2. The van der Waals surface area contributed by atoms with E-state index in [1.807, 2.05) is 6.92 Å². The summed E-state index contributed by atoms with van der Waals surface area (Å²) in [4.78, 5) is 12.9. The number of sulfonamides is 1. The number of hydrogen-bond donors (Lipinski definition) is 1. The van der Waals surface area contributed by atoms with Gasteiger partial charge in [-0.15, -0.1) is 0 Å². The lowest BCUT2D eigenvalue weighted by Gasteiger charge is -2.30. The molecule has 0 aromatic heterocycles. The molecule has 0 radical (unpaired) electrons. The van der Waals surface area contributed by atoms with Crippen LogP contribution in [0.15, 0.2) is 42.5 Å². The van der Waals surface area contributed by atoms with Crippen molar-refractivity contribution in [3.63, 3.8) is 0 Å². The van der Waals surface area contributed by atoms with E-state index in [4.69, 9.17) is 27.9 Å². The number of carbonyl (C=O) groups is 1. The van der Waals surface area contributed by atoms with Crippen molar-refractivity contribution in [3.8, 4) is 5.75 Å². The second-order valence-electron chi connectivity index (χ2n) is 6.06. The minimum atomic E-state index is -3.73. The lowest BCUT2D eigenvalue weighted by molar-refractivity contribution is -0.117. The fraction of sp³-hybridized carbons (Fsp3) is 0.316. The largest absolute Gasteiger partial charge is 0.494 e. The van der Waals surface area contributed by atoms with Crippen molar-refractivity contribution in [2.75, 3.05) is 22.5 Å². The van der Waals surface area contributed by atoms with Gasteiger partial charge in [0.25, 0.3) is 0 Å². The highest BCUT2D eigenvalue weighted by atomic mass is 35.5. The van der Waals surface area contributed by atoms with Crippen LogP contribution in [0.1, 0.15) is 20.3 Å². The molecule has 0 aliphatic heterocycles. The second-order valence-corrected chi connectivity index (χ2v) is 8.79. The maximum atomic E-state index is 12.9. The number of nitrogens with one attached hydrogen (secondary N) is 1. The summed E-state index contributed by atoms with van der Waals surface area (Å²) in [6.45, 7) is 4.09. The summed E-state index contributed by atoms with van der Waals surface area (Å²) in [6.07, 6.45) is 1.33. The topological polar surface area (TPSA) is 75.7 Å². The van der Waals surface area contributed by atoms with Gasteiger partial charge in [0.2, 0.25) is 15.9 Å². The summed E-state index contributed by atoms with van der Waals surface area (Å²) >= 11 is 11.9. The second kappa shape index (κ2) is 9.49. The van der Waals surface area contributed by atoms with E-state index in [1.54, 1.807) is 49.4 Å². The normalized spacial score (nSPS) is 12.3. The SMILES string of the molecule is CCOc1ccc(N(C(CC)C(=O)Nc2cc(Cl)cc(Cl)c2)S(C)(=O)=O)cc1. The van der Waals surface area contributed by atoms with Crippen molar-refractivity contribution in [1.29, 1.82) is 0 Å². The molecule has 0 heterocycles. The summed E-state index contributed by atoms with van der Waals surface area (Å²) in [5.41, 5.74) is 0.762. The first-order valence-corrected chi connectivity index (χ1v) is 11.2. The van der Waals surface area contributed by atoms with Gasteiger partial charge in [-0.2, -0.15) is 0 Å². The highest BCUT2D eigenvalue weighted by molar-refractivity contribution is 7.92. The summed E-state index contributed by atoms with van der Waals surface area (Å²) in [5, 5.41) is 3.42. The Hall–Kier alpha value is -1.96. The van der Waals surface area contributed by atoms with Crippen LogP contribution in [-0.2, 0) is 14.8 Å². The zero-order valence-corrected chi connectivity index (χ0v) is 18.1. The van der Waals surface area contributed by atoms with E-state index in [2.05, 4.69) is 5.32 Å². The van der Waals surface area contributed by atoms with Crippen molar-refractivity contribution in [1.82, 2.24) is 0 Å². The van der Waals surface area contributed by atoms with Gasteiger partial charge in [0.15, 0.2) is 0 Å². The number of anilines is 2. The summed E-state index contributed by atoms with van der Waals surface area (Å²) in [5.74, 6) is 0.130. The number of nitrogens with zero attached hydrogens (tertiary/aromatic N) is 1. The Morgan fingerprint density at radius 3 is 2.14 bits per heavy atom. The number of rotatable bonds is 8. The first kappa shape index (κ1) is 22.3. The van der Waals surface area contributed by atoms with Crippen molar-refractivity contribution < 1.29 is 17.9 Å². The van der Waals surface area contributed by atoms with E-state index in [9.17, 15) is 13.2 Å². The minimum absolute atomic E-state index is 0.264. The van der Waals surface area contributed by atoms with Gasteiger partial charge in [0, 0.05) is 15.7 Å². The monoisotopic (exact) mass is 444 g/mol. The van der Waals surface area contributed by atoms with Crippen LogP contribution < -0.4 is 14.4 Å². The zero-order valence-electron chi connectivity index (χ0n) is 15.8. The zero-order chi connectivity index (χ0) is 20.9. The van der Waals surface area contributed by atoms with Crippen LogP contribution in [0, 0.1) is 0 Å². The average Bonchev–Trinajstić information content (AvgIpc) is 2.58. The van der Waals surface area contributed by atoms with Gasteiger partial charge in [-0.3, -0.25) is 9.10 Å². The van der Waals surface area contributed by atoms with Crippen LogP contribution in [0.25, 0.3) is 0 Å². The van der Waals surface area contributed by atoms with E-state index in [-0.39, 0.29) is 6.42 Å². The third kappa shape index (κ3) is 5.77. The highest BCUT2D eigenvalue weighted by Crippen LogP contribution is 2.27. The molecular formula is C19H22Cl2N2O4S. The number of carbonyl (C=O) groups excluding carboxylic acids is 1. The molecule has 0 aliphatic rings. The van der Waals surface area contributed by atoms with Crippen LogP contribution in [0.4, 0.5) is 11.4 Å². The van der Waals surface area contributed by atoms with Gasteiger partial charge >= 0.3 is 0 Å². The standard InChI is InChI=1S/C19H22Cl2N2O4S/c1-4-18(19(24)22-15-11-13(20)10-14(21)12-15)23(28(3,25)26)16-6-8-17(9-7-16)27-5-2/h6-12,18H,4-5H2,1-3H3,(H,22,24). The molecule has 2 aromatic rings. The van der Waals surface area contributed by atoms with Crippen molar-refractivity contribution in [3.05, 3.63) is 52.5 Å². The lowest BCUT2D eigenvalue weighted by Crippen LogP contribution is -2.47. The van der Waals surface area contributed by atoms with Crippen LogP contribution in [0.2, 0.25) is 10.0 Å². The maximum Gasteiger partial charge on any atom is 0.248 e. The predicted molar refractivity (Wildman–Crippen MR) is 114 cm³/mol. The minimum Gasteiger partial charge on any atom is -0.494 e. The number of hydrogen-bond acceptors (Lipinski definition) is 4. The molecule has 0 saturated heterocycles. The van der Waals surface area contributed by atoms with Crippen molar-refractivity contribution >= 4 is 50.5 Å². The van der Waals surface area contributed by atoms with Gasteiger partial charge in [-0.1, -0.05) is 30.1 Å². The molecule has 0 bridgehead atoms.